The van der Waals surface area contributed by atoms with Crippen LogP contribution in [0.1, 0.15) is 26.2 Å². The van der Waals surface area contributed by atoms with Gasteiger partial charge in [-0.15, -0.1) is 0 Å². The summed E-state index contributed by atoms with van der Waals surface area (Å²) >= 11 is 0. The van der Waals surface area contributed by atoms with Gasteiger partial charge in [0.15, 0.2) is 0 Å². The molecule has 1 atom stereocenters. The Balaban J connectivity index is 0.00000225. The molecule has 87 valence electrons. The van der Waals surface area contributed by atoms with Crippen LogP contribution in [-0.2, 0) is 37.5 Å². The Hall–Kier alpha value is -0.0761. The first kappa shape index (κ1) is 15.9. The second-order valence-electron chi connectivity index (χ2n) is 3.94. The predicted octanol–water partition coefficient (Wildman–Crippen LogP) is 2.10. The monoisotopic (exact) mass is 304 g/mol. The SMILES string of the molecule is [C-]#[N+][C@@]1(C)CC(F)(F)CN1C(=O)CC[CH2-].[Y]. The third kappa shape index (κ3) is 3.21. The molecule has 1 radical (unpaired) electrons. The summed E-state index contributed by atoms with van der Waals surface area (Å²) in [6, 6.07) is 0. The average Bonchev–Trinajstić information content (AvgIpc) is 2.38. The molecule has 0 spiro atoms. The molecular weight excluding hydrogens is 291 g/mol. The standard InChI is InChI=1S/C10H13F2N2O.Y/c1-4-5-8(15)14-7-10(11,12)6-9(14,2)13-3;/h1,4-7H2,2H3;/q-1;/t9-;/m1./s1. The van der Waals surface area contributed by atoms with E-state index in [4.69, 9.17) is 6.57 Å². The Kier molecular flexibility index (Phi) is 5.48. The van der Waals surface area contributed by atoms with Crippen LogP contribution < -0.4 is 0 Å². The quantitative estimate of drug-likeness (QED) is 0.717. The summed E-state index contributed by atoms with van der Waals surface area (Å²) in [6.07, 6.45) is -0.109. The van der Waals surface area contributed by atoms with Crippen LogP contribution in [0.15, 0.2) is 0 Å². The summed E-state index contributed by atoms with van der Waals surface area (Å²) in [6.45, 7) is 11.1. The van der Waals surface area contributed by atoms with E-state index in [9.17, 15) is 13.6 Å². The van der Waals surface area contributed by atoms with Crippen LogP contribution in [0.5, 0.6) is 0 Å². The van der Waals surface area contributed by atoms with Gasteiger partial charge < -0.3 is 6.92 Å². The molecule has 0 unspecified atom stereocenters. The first-order chi connectivity index (χ1) is 6.84. The van der Waals surface area contributed by atoms with Gasteiger partial charge in [0, 0.05) is 39.6 Å². The van der Waals surface area contributed by atoms with Crippen molar-refractivity contribution in [3.05, 3.63) is 18.3 Å². The average molecular weight is 304 g/mol. The zero-order valence-electron chi connectivity index (χ0n) is 9.17. The minimum atomic E-state index is -2.95. The summed E-state index contributed by atoms with van der Waals surface area (Å²) < 4.78 is 26.2. The van der Waals surface area contributed by atoms with E-state index in [0.717, 1.165) is 4.90 Å². The van der Waals surface area contributed by atoms with Gasteiger partial charge in [-0.1, -0.05) is 0 Å². The van der Waals surface area contributed by atoms with Gasteiger partial charge in [0.1, 0.15) is 6.42 Å². The molecule has 0 aromatic heterocycles. The summed E-state index contributed by atoms with van der Waals surface area (Å²) in [7, 11) is 0. The zero-order valence-corrected chi connectivity index (χ0v) is 12.0. The molecule has 1 rings (SSSR count). The topological polar surface area (TPSA) is 24.7 Å². The van der Waals surface area contributed by atoms with Crippen LogP contribution in [0, 0.1) is 13.5 Å². The molecule has 1 heterocycles. The Morgan fingerprint density at radius 2 is 2.19 bits per heavy atom. The summed E-state index contributed by atoms with van der Waals surface area (Å²) in [5, 5.41) is 0. The number of carbonyl (C=O) groups is 1. The zero-order chi connectivity index (χ0) is 11.7. The smallest absolute Gasteiger partial charge is 0.313 e. The second kappa shape index (κ2) is 5.51. The molecule has 1 fully saturated rings. The van der Waals surface area contributed by atoms with Crippen molar-refractivity contribution >= 4 is 5.91 Å². The normalized spacial score (nSPS) is 27.1. The van der Waals surface area contributed by atoms with Gasteiger partial charge in [-0.3, -0.25) is 14.5 Å². The van der Waals surface area contributed by atoms with E-state index in [2.05, 4.69) is 11.8 Å². The van der Waals surface area contributed by atoms with Crippen molar-refractivity contribution in [2.75, 3.05) is 6.54 Å². The van der Waals surface area contributed by atoms with Crippen LogP contribution in [0.4, 0.5) is 8.78 Å². The predicted molar refractivity (Wildman–Crippen MR) is 50.9 cm³/mol. The van der Waals surface area contributed by atoms with Gasteiger partial charge >= 0.3 is 5.66 Å². The molecule has 0 saturated carbocycles. The Morgan fingerprint density at radius 3 is 2.62 bits per heavy atom. The molecule has 1 amide bonds. The van der Waals surface area contributed by atoms with Crippen molar-refractivity contribution in [2.45, 2.75) is 37.8 Å². The first-order valence-electron chi connectivity index (χ1n) is 4.71. The van der Waals surface area contributed by atoms with Crippen molar-refractivity contribution in [1.82, 2.24) is 4.90 Å². The van der Waals surface area contributed by atoms with E-state index < -0.39 is 30.5 Å². The van der Waals surface area contributed by atoms with Crippen molar-refractivity contribution in [3.8, 4) is 0 Å². The van der Waals surface area contributed by atoms with Crippen LogP contribution in [0.25, 0.3) is 4.85 Å². The van der Waals surface area contributed by atoms with Gasteiger partial charge in [0.25, 0.3) is 5.92 Å². The summed E-state index contributed by atoms with van der Waals surface area (Å²) in [5.74, 6) is -3.36. The van der Waals surface area contributed by atoms with E-state index in [1.807, 2.05) is 0 Å². The molecule has 1 aliphatic heterocycles. The molecule has 1 saturated heterocycles. The molecule has 1 aliphatic rings. The molecule has 6 heteroatoms. The molecule has 16 heavy (non-hydrogen) atoms. The van der Waals surface area contributed by atoms with E-state index in [-0.39, 0.29) is 39.1 Å². The van der Waals surface area contributed by atoms with E-state index >= 15 is 0 Å². The van der Waals surface area contributed by atoms with Gasteiger partial charge in [0.05, 0.1) is 6.54 Å². The Morgan fingerprint density at radius 1 is 1.62 bits per heavy atom. The number of carbonyl (C=O) groups excluding carboxylic acids is 1. The number of rotatable bonds is 2. The van der Waals surface area contributed by atoms with Crippen molar-refractivity contribution in [3.63, 3.8) is 0 Å². The van der Waals surface area contributed by atoms with Gasteiger partial charge in [-0.2, -0.15) is 6.42 Å². The molecule has 0 N–H and O–H groups in total. The summed E-state index contributed by atoms with van der Waals surface area (Å²) in [4.78, 5) is 15.6. The fourth-order valence-corrected chi connectivity index (χ4v) is 1.79. The number of hydrogen-bond donors (Lipinski definition) is 0. The van der Waals surface area contributed by atoms with Gasteiger partial charge in [-0.25, -0.2) is 15.4 Å². The van der Waals surface area contributed by atoms with Crippen LogP contribution in [0.2, 0.25) is 0 Å². The number of nitrogens with zero attached hydrogens (tertiary/aromatic N) is 2. The fraction of sp³-hybridized carbons (Fsp3) is 0.700. The van der Waals surface area contributed by atoms with Crippen LogP contribution in [0.3, 0.4) is 0 Å². The molecule has 0 bridgehead atoms. The number of amides is 1. The third-order valence-corrected chi connectivity index (χ3v) is 2.50. The minimum Gasteiger partial charge on any atom is -0.343 e. The molecule has 0 aliphatic carbocycles. The second-order valence-corrected chi connectivity index (χ2v) is 3.94. The number of halogens is 2. The number of alkyl halides is 2. The van der Waals surface area contributed by atoms with E-state index in [1.165, 1.54) is 6.92 Å². The van der Waals surface area contributed by atoms with E-state index in [0.29, 0.717) is 6.42 Å². The maximum atomic E-state index is 13.1. The largest absolute Gasteiger partial charge is 0.343 e. The fourth-order valence-electron chi connectivity index (χ4n) is 1.79. The molecule has 0 aromatic carbocycles. The van der Waals surface area contributed by atoms with Crippen molar-refractivity contribution in [1.29, 1.82) is 0 Å². The Labute approximate surface area is 119 Å². The maximum Gasteiger partial charge on any atom is 0.313 e. The Bertz CT molecular complexity index is 316. The third-order valence-electron chi connectivity index (χ3n) is 2.50. The molecular formula is C10H13F2N2OY-. The van der Waals surface area contributed by atoms with E-state index in [1.54, 1.807) is 0 Å². The van der Waals surface area contributed by atoms with Crippen LogP contribution >= 0.6 is 0 Å². The summed E-state index contributed by atoms with van der Waals surface area (Å²) in [5.41, 5.74) is -1.39. The maximum absolute atomic E-state index is 13.1. The van der Waals surface area contributed by atoms with Gasteiger partial charge in [-0.05, 0) is 6.42 Å². The number of likely N-dealkylation sites (tertiary alicyclic amines) is 1. The van der Waals surface area contributed by atoms with Crippen molar-refractivity contribution < 1.29 is 46.3 Å². The first-order valence-corrected chi connectivity index (χ1v) is 4.71. The molecule has 3 nitrogen and oxygen atoms in total. The molecule has 0 aromatic rings. The minimum absolute atomic E-state index is 0. The van der Waals surface area contributed by atoms with Gasteiger partial charge in [0.2, 0.25) is 5.91 Å². The van der Waals surface area contributed by atoms with Crippen LogP contribution in [-0.4, -0.2) is 28.9 Å². The van der Waals surface area contributed by atoms with Crippen molar-refractivity contribution in [2.24, 2.45) is 0 Å². The number of hydrogen-bond acceptors (Lipinski definition) is 1.